The molecule has 3 nitrogen and oxygen atoms in total. The predicted octanol–water partition coefficient (Wildman–Crippen LogP) is 1.59. The average Bonchev–Trinajstić information content (AvgIpc) is 2.70. The summed E-state index contributed by atoms with van der Waals surface area (Å²) in [7, 11) is -2.78. The highest BCUT2D eigenvalue weighted by atomic mass is 32.2. The normalized spacial score (nSPS) is 18.5. The van der Waals surface area contributed by atoms with Gasteiger partial charge in [-0.25, -0.2) is 8.42 Å². The van der Waals surface area contributed by atoms with E-state index < -0.39 is 9.84 Å². The quantitative estimate of drug-likeness (QED) is 0.679. The summed E-state index contributed by atoms with van der Waals surface area (Å²) < 4.78 is 22.4. The number of sulfone groups is 1. The zero-order valence-electron chi connectivity index (χ0n) is 9.67. The molecule has 4 heteroatoms. The first-order valence-corrected chi connectivity index (χ1v) is 7.87. The molecule has 15 heavy (non-hydrogen) atoms. The average molecular weight is 233 g/mol. The van der Waals surface area contributed by atoms with Crippen LogP contribution in [0.3, 0.4) is 0 Å². The summed E-state index contributed by atoms with van der Waals surface area (Å²) in [5.74, 6) is 1.44. The second-order valence-electron chi connectivity index (χ2n) is 4.43. The number of hydrogen-bond acceptors (Lipinski definition) is 3. The lowest BCUT2D eigenvalue weighted by Crippen LogP contribution is -2.25. The highest BCUT2D eigenvalue weighted by Crippen LogP contribution is 2.26. The van der Waals surface area contributed by atoms with Crippen molar-refractivity contribution in [3.63, 3.8) is 0 Å². The predicted molar refractivity (Wildman–Crippen MR) is 63.8 cm³/mol. The Bertz CT molecular complexity index is 256. The number of hydrogen-bond donors (Lipinski definition) is 1. The molecule has 1 aliphatic rings. The van der Waals surface area contributed by atoms with Crippen molar-refractivity contribution in [3.8, 4) is 0 Å². The Hall–Kier alpha value is -0.0900. The molecule has 0 atom stereocenters. The lowest BCUT2D eigenvalue weighted by atomic mass is 10.0. The van der Waals surface area contributed by atoms with Gasteiger partial charge in [-0.3, -0.25) is 0 Å². The fourth-order valence-corrected chi connectivity index (χ4v) is 2.85. The zero-order chi connectivity index (χ0) is 11.1. The Labute approximate surface area is 93.6 Å². The maximum Gasteiger partial charge on any atom is 0.151 e. The van der Waals surface area contributed by atoms with Gasteiger partial charge in [-0.15, -0.1) is 0 Å². The van der Waals surface area contributed by atoms with Gasteiger partial charge < -0.3 is 5.32 Å². The van der Waals surface area contributed by atoms with Crippen molar-refractivity contribution in [3.05, 3.63) is 0 Å². The second kappa shape index (κ2) is 6.48. The lowest BCUT2D eigenvalue weighted by Gasteiger charge is -2.09. The van der Waals surface area contributed by atoms with E-state index in [2.05, 4.69) is 5.32 Å². The van der Waals surface area contributed by atoms with Crippen molar-refractivity contribution in [1.82, 2.24) is 5.32 Å². The first-order valence-electron chi connectivity index (χ1n) is 6.05. The SMILES string of the molecule is CCS(=O)(=O)CCNCCC1CCCC1. The van der Waals surface area contributed by atoms with Gasteiger partial charge in [0.25, 0.3) is 0 Å². The van der Waals surface area contributed by atoms with Crippen molar-refractivity contribution in [2.24, 2.45) is 5.92 Å². The molecule has 0 amide bonds. The third kappa shape index (κ3) is 5.52. The van der Waals surface area contributed by atoms with Crippen LogP contribution in [0.25, 0.3) is 0 Å². The van der Waals surface area contributed by atoms with E-state index in [0.29, 0.717) is 6.54 Å². The van der Waals surface area contributed by atoms with Crippen LogP contribution in [0.4, 0.5) is 0 Å². The molecular formula is C11H23NO2S. The van der Waals surface area contributed by atoms with Crippen LogP contribution >= 0.6 is 0 Å². The molecule has 1 aliphatic carbocycles. The Kier molecular flexibility index (Phi) is 5.61. The van der Waals surface area contributed by atoms with Crippen LogP contribution in [-0.2, 0) is 9.84 Å². The second-order valence-corrected chi connectivity index (χ2v) is 6.90. The summed E-state index contributed by atoms with van der Waals surface area (Å²) in [6, 6.07) is 0. The molecule has 0 radical (unpaired) electrons. The third-order valence-electron chi connectivity index (χ3n) is 3.23. The molecule has 1 N–H and O–H groups in total. The Morgan fingerprint density at radius 1 is 1.20 bits per heavy atom. The fraction of sp³-hybridized carbons (Fsp3) is 1.00. The maximum atomic E-state index is 11.2. The van der Waals surface area contributed by atoms with Gasteiger partial charge in [0.1, 0.15) is 0 Å². The monoisotopic (exact) mass is 233 g/mol. The molecule has 0 aromatic heterocycles. The van der Waals surface area contributed by atoms with E-state index in [4.69, 9.17) is 0 Å². The summed E-state index contributed by atoms with van der Waals surface area (Å²) in [4.78, 5) is 0. The van der Waals surface area contributed by atoms with Gasteiger partial charge in [-0.2, -0.15) is 0 Å². The molecule has 1 rings (SSSR count). The molecule has 0 spiro atoms. The smallest absolute Gasteiger partial charge is 0.151 e. The van der Waals surface area contributed by atoms with Gasteiger partial charge >= 0.3 is 0 Å². The lowest BCUT2D eigenvalue weighted by molar-refractivity contribution is 0.482. The van der Waals surface area contributed by atoms with E-state index in [9.17, 15) is 8.42 Å². The standard InChI is InChI=1S/C11H23NO2S/c1-2-15(13,14)10-9-12-8-7-11-5-3-4-6-11/h11-12H,2-10H2,1H3. The molecular weight excluding hydrogens is 210 g/mol. The first kappa shape index (κ1) is 13.0. The highest BCUT2D eigenvalue weighted by Gasteiger charge is 2.14. The Morgan fingerprint density at radius 3 is 2.47 bits per heavy atom. The molecule has 1 fully saturated rings. The van der Waals surface area contributed by atoms with E-state index in [1.807, 2.05) is 0 Å². The number of rotatable bonds is 7. The molecule has 0 saturated heterocycles. The van der Waals surface area contributed by atoms with Gasteiger partial charge in [0.15, 0.2) is 9.84 Å². The first-order chi connectivity index (χ1) is 7.14. The van der Waals surface area contributed by atoms with Crippen LogP contribution in [0.15, 0.2) is 0 Å². The summed E-state index contributed by atoms with van der Waals surface area (Å²) in [6.45, 7) is 3.29. The Balaban J connectivity index is 1.97. The van der Waals surface area contributed by atoms with Crippen molar-refractivity contribution < 1.29 is 8.42 Å². The van der Waals surface area contributed by atoms with E-state index in [1.165, 1.54) is 32.1 Å². The van der Waals surface area contributed by atoms with Crippen LogP contribution in [0, 0.1) is 5.92 Å². The van der Waals surface area contributed by atoms with Gasteiger partial charge in [-0.05, 0) is 18.9 Å². The van der Waals surface area contributed by atoms with Crippen molar-refractivity contribution >= 4 is 9.84 Å². The van der Waals surface area contributed by atoms with E-state index in [0.717, 1.165) is 12.5 Å². The van der Waals surface area contributed by atoms with Crippen LogP contribution < -0.4 is 5.32 Å². The number of nitrogens with one attached hydrogen (secondary N) is 1. The van der Waals surface area contributed by atoms with Crippen LogP contribution in [0.2, 0.25) is 0 Å². The maximum absolute atomic E-state index is 11.2. The van der Waals surface area contributed by atoms with Crippen molar-refractivity contribution in [2.75, 3.05) is 24.6 Å². The van der Waals surface area contributed by atoms with E-state index in [1.54, 1.807) is 6.92 Å². The van der Waals surface area contributed by atoms with E-state index >= 15 is 0 Å². The third-order valence-corrected chi connectivity index (χ3v) is 4.94. The van der Waals surface area contributed by atoms with Gasteiger partial charge in [-0.1, -0.05) is 32.6 Å². The Morgan fingerprint density at radius 2 is 1.87 bits per heavy atom. The molecule has 0 aliphatic heterocycles. The molecule has 0 heterocycles. The van der Waals surface area contributed by atoms with E-state index in [-0.39, 0.29) is 11.5 Å². The van der Waals surface area contributed by atoms with Crippen molar-refractivity contribution in [2.45, 2.75) is 39.0 Å². The van der Waals surface area contributed by atoms with Crippen LogP contribution in [-0.4, -0.2) is 33.0 Å². The summed E-state index contributed by atoms with van der Waals surface area (Å²) in [5.41, 5.74) is 0. The van der Waals surface area contributed by atoms with Crippen molar-refractivity contribution in [1.29, 1.82) is 0 Å². The summed E-state index contributed by atoms with van der Waals surface area (Å²) >= 11 is 0. The minimum atomic E-state index is -2.78. The van der Waals surface area contributed by atoms with Gasteiger partial charge in [0.05, 0.1) is 5.75 Å². The summed E-state index contributed by atoms with van der Waals surface area (Å²) in [5, 5.41) is 3.22. The fourth-order valence-electron chi connectivity index (χ4n) is 2.10. The zero-order valence-corrected chi connectivity index (χ0v) is 10.5. The molecule has 1 saturated carbocycles. The summed E-state index contributed by atoms with van der Waals surface area (Å²) in [6.07, 6.45) is 6.72. The minimum Gasteiger partial charge on any atom is -0.316 e. The molecule has 0 bridgehead atoms. The van der Waals surface area contributed by atoms with Gasteiger partial charge in [0.2, 0.25) is 0 Å². The molecule has 0 aromatic carbocycles. The minimum absolute atomic E-state index is 0.261. The largest absolute Gasteiger partial charge is 0.316 e. The molecule has 90 valence electrons. The van der Waals surface area contributed by atoms with Gasteiger partial charge in [0, 0.05) is 12.3 Å². The van der Waals surface area contributed by atoms with Crippen LogP contribution in [0.1, 0.15) is 39.0 Å². The van der Waals surface area contributed by atoms with Crippen LogP contribution in [0.5, 0.6) is 0 Å². The molecule has 0 unspecified atom stereocenters. The highest BCUT2D eigenvalue weighted by molar-refractivity contribution is 7.91. The topological polar surface area (TPSA) is 46.2 Å². The molecule has 0 aromatic rings.